The SMILES string of the molecule is COCCN(CC1CC1)C(=O)c1ccc([C@@H]2CCCNC2)cc1. The summed E-state index contributed by atoms with van der Waals surface area (Å²) in [5, 5.41) is 3.45. The first-order valence-corrected chi connectivity index (χ1v) is 8.87. The summed E-state index contributed by atoms with van der Waals surface area (Å²) in [6.45, 7) is 4.33. The third-order valence-corrected chi connectivity index (χ3v) is 4.95. The van der Waals surface area contributed by atoms with Crippen LogP contribution >= 0.6 is 0 Å². The first kappa shape index (κ1) is 16.5. The number of hydrogen-bond acceptors (Lipinski definition) is 3. The largest absolute Gasteiger partial charge is 0.383 e. The van der Waals surface area contributed by atoms with Crippen molar-refractivity contribution in [1.29, 1.82) is 0 Å². The Morgan fingerprint density at radius 1 is 1.26 bits per heavy atom. The van der Waals surface area contributed by atoms with Gasteiger partial charge in [0, 0.05) is 32.3 Å². The molecule has 0 radical (unpaired) electrons. The molecule has 1 aromatic carbocycles. The summed E-state index contributed by atoms with van der Waals surface area (Å²) in [4.78, 5) is 14.7. The summed E-state index contributed by atoms with van der Waals surface area (Å²) in [5.74, 6) is 1.43. The summed E-state index contributed by atoms with van der Waals surface area (Å²) >= 11 is 0. The highest BCUT2D eigenvalue weighted by Crippen LogP contribution is 2.30. The Morgan fingerprint density at radius 2 is 2.04 bits per heavy atom. The predicted octanol–water partition coefficient (Wildman–Crippen LogP) is 2.65. The highest BCUT2D eigenvalue weighted by atomic mass is 16.5. The Kier molecular flexibility index (Phi) is 5.68. The van der Waals surface area contributed by atoms with E-state index in [1.807, 2.05) is 17.0 Å². The fourth-order valence-electron chi connectivity index (χ4n) is 3.31. The van der Waals surface area contributed by atoms with Crippen molar-refractivity contribution in [1.82, 2.24) is 10.2 Å². The molecule has 4 nitrogen and oxygen atoms in total. The quantitative estimate of drug-likeness (QED) is 0.841. The maximum absolute atomic E-state index is 12.8. The van der Waals surface area contributed by atoms with Gasteiger partial charge in [0.2, 0.25) is 0 Å². The smallest absolute Gasteiger partial charge is 0.253 e. The van der Waals surface area contributed by atoms with Crippen LogP contribution in [0.5, 0.6) is 0 Å². The van der Waals surface area contributed by atoms with Gasteiger partial charge >= 0.3 is 0 Å². The molecule has 0 spiro atoms. The van der Waals surface area contributed by atoms with Gasteiger partial charge in [0.05, 0.1) is 6.61 Å². The van der Waals surface area contributed by atoms with E-state index in [-0.39, 0.29) is 5.91 Å². The number of carbonyl (C=O) groups excluding carboxylic acids is 1. The topological polar surface area (TPSA) is 41.6 Å². The van der Waals surface area contributed by atoms with E-state index in [2.05, 4.69) is 17.4 Å². The van der Waals surface area contributed by atoms with Gasteiger partial charge < -0.3 is 15.0 Å². The maximum Gasteiger partial charge on any atom is 0.253 e. The van der Waals surface area contributed by atoms with Crippen LogP contribution in [0.3, 0.4) is 0 Å². The molecule has 1 saturated heterocycles. The van der Waals surface area contributed by atoms with Crippen molar-refractivity contribution < 1.29 is 9.53 Å². The average Bonchev–Trinajstić information content (AvgIpc) is 3.43. The van der Waals surface area contributed by atoms with Crippen molar-refractivity contribution in [2.45, 2.75) is 31.6 Å². The van der Waals surface area contributed by atoms with Gasteiger partial charge in [-0.2, -0.15) is 0 Å². The van der Waals surface area contributed by atoms with E-state index in [9.17, 15) is 4.79 Å². The first-order valence-electron chi connectivity index (χ1n) is 8.87. The summed E-state index contributed by atoms with van der Waals surface area (Å²) in [7, 11) is 1.69. The lowest BCUT2D eigenvalue weighted by molar-refractivity contribution is 0.0686. The Morgan fingerprint density at radius 3 is 2.65 bits per heavy atom. The monoisotopic (exact) mass is 316 g/mol. The van der Waals surface area contributed by atoms with Gasteiger partial charge in [-0.3, -0.25) is 4.79 Å². The first-order chi connectivity index (χ1) is 11.3. The molecule has 1 amide bonds. The van der Waals surface area contributed by atoms with Crippen LogP contribution in [0, 0.1) is 5.92 Å². The van der Waals surface area contributed by atoms with E-state index in [1.54, 1.807) is 7.11 Å². The van der Waals surface area contributed by atoms with Crippen LogP contribution in [0.15, 0.2) is 24.3 Å². The van der Waals surface area contributed by atoms with Crippen LogP contribution in [0.4, 0.5) is 0 Å². The van der Waals surface area contributed by atoms with E-state index >= 15 is 0 Å². The molecule has 2 aliphatic rings. The zero-order valence-electron chi connectivity index (χ0n) is 14.1. The van der Waals surface area contributed by atoms with Crippen LogP contribution in [0.25, 0.3) is 0 Å². The number of carbonyl (C=O) groups is 1. The molecule has 1 heterocycles. The zero-order chi connectivity index (χ0) is 16.1. The molecule has 1 aliphatic heterocycles. The Balaban J connectivity index is 1.64. The van der Waals surface area contributed by atoms with Gasteiger partial charge in [0.15, 0.2) is 0 Å². The molecule has 23 heavy (non-hydrogen) atoms. The molecule has 4 heteroatoms. The molecular formula is C19H28N2O2. The Labute approximate surface area is 139 Å². The Bertz CT molecular complexity index is 505. The normalized spacial score (nSPS) is 21.2. The second-order valence-corrected chi connectivity index (χ2v) is 6.85. The number of nitrogens with one attached hydrogen (secondary N) is 1. The highest BCUT2D eigenvalue weighted by molar-refractivity contribution is 5.94. The van der Waals surface area contributed by atoms with Crippen LogP contribution in [0.1, 0.15) is 47.5 Å². The Hall–Kier alpha value is -1.39. The number of benzene rings is 1. The summed E-state index contributed by atoms with van der Waals surface area (Å²) in [6.07, 6.45) is 4.98. The van der Waals surface area contributed by atoms with Crippen molar-refractivity contribution in [2.75, 3.05) is 39.9 Å². The number of amides is 1. The zero-order valence-corrected chi connectivity index (χ0v) is 14.1. The fraction of sp³-hybridized carbons (Fsp3) is 0.632. The van der Waals surface area contributed by atoms with E-state index < -0.39 is 0 Å². The molecule has 1 aromatic rings. The summed E-state index contributed by atoms with van der Waals surface area (Å²) in [6, 6.07) is 8.27. The van der Waals surface area contributed by atoms with Crippen molar-refractivity contribution in [3.05, 3.63) is 35.4 Å². The number of nitrogens with zero attached hydrogens (tertiary/aromatic N) is 1. The number of hydrogen-bond donors (Lipinski definition) is 1. The molecule has 1 N–H and O–H groups in total. The third-order valence-electron chi connectivity index (χ3n) is 4.95. The van der Waals surface area contributed by atoms with Crippen LogP contribution in [0.2, 0.25) is 0 Å². The average molecular weight is 316 g/mol. The van der Waals surface area contributed by atoms with Gasteiger partial charge in [0.1, 0.15) is 0 Å². The lowest BCUT2D eigenvalue weighted by atomic mass is 9.91. The van der Waals surface area contributed by atoms with E-state index in [0.29, 0.717) is 25.0 Å². The van der Waals surface area contributed by atoms with Crippen LogP contribution < -0.4 is 5.32 Å². The molecule has 2 fully saturated rings. The highest BCUT2D eigenvalue weighted by Gasteiger charge is 2.27. The minimum absolute atomic E-state index is 0.141. The number of rotatable bonds is 7. The molecule has 1 atom stereocenters. The number of piperidine rings is 1. The number of ether oxygens (including phenoxy) is 1. The van der Waals surface area contributed by atoms with Crippen molar-refractivity contribution in [3.63, 3.8) is 0 Å². The van der Waals surface area contributed by atoms with Crippen molar-refractivity contribution in [3.8, 4) is 0 Å². The lowest BCUT2D eigenvalue weighted by Gasteiger charge is -2.24. The number of methoxy groups -OCH3 is 1. The minimum Gasteiger partial charge on any atom is -0.383 e. The van der Waals surface area contributed by atoms with Crippen molar-refractivity contribution >= 4 is 5.91 Å². The van der Waals surface area contributed by atoms with E-state index in [4.69, 9.17) is 4.74 Å². The van der Waals surface area contributed by atoms with Crippen LogP contribution in [-0.2, 0) is 4.74 Å². The van der Waals surface area contributed by atoms with Crippen molar-refractivity contribution in [2.24, 2.45) is 5.92 Å². The van der Waals surface area contributed by atoms with Gasteiger partial charge in [-0.25, -0.2) is 0 Å². The van der Waals surface area contributed by atoms with Gasteiger partial charge in [-0.1, -0.05) is 12.1 Å². The standard InChI is InChI=1S/C19H28N2O2/c1-23-12-11-21(14-15-4-5-15)19(22)17-8-6-16(7-9-17)18-3-2-10-20-13-18/h6-9,15,18,20H,2-5,10-14H2,1H3/t18-/m1/s1. The second-order valence-electron chi connectivity index (χ2n) is 6.85. The molecule has 126 valence electrons. The third kappa shape index (κ3) is 4.55. The summed E-state index contributed by atoms with van der Waals surface area (Å²) in [5.41, 5.74) is 2.15. The molecule has 1 saturated carbocycles. The van der Waals surface area contributed by atoms with Gasteiger partial charge in [-0.15, -0.1) is 0 Å². The van der Waals surface area contributed by atoms with E-state index in [0.717, 1.165) is 25.2 Å². The minimum atomic E-state index is 0.141. The van der Waals surface area contributed by atoms with Crippen LogP contribution in [-0.4, -0.2) is 50.7 Å². The molecule has 1 aliphatic carbocycles. The molecule has 0 unspecified atom stereocenters. The lowest BCUT2D eigenvalue weighted by Crippen LogP contribution is -2.35. The molecule has 3 rings (SSSR count). The molecule has 0 aromatic heterocycles. The maximum atomic E-state index is 12.8. The predicted molar refractivity (Wildman–Crippen MR) is 91.8 cm³/mol. The fourth-order valence-corrected chi connectivity index (χ4v) is 3.31. The molecule has 0 bridgehead atoms. The summed E-state index contributed by atoms with van der Waals surface area (Å²) < 4.78 is 5.16. The second kappa shape index (κ2) is 7.93. The molecular weight excluding hydrogens is 288 g/mol. The van der Waals surface area contributed by atoms with E-state index in [1.165, 1.54) is 31.2 Å². The van der Waals surface area contributed by atoms with Gasteiger partial charge in [0.25, 0.3) is 5.91 Å². The van der Waals surface area contributed by atoms with Gasteiger partial charge in [-0.05, 0) is 61.8 Å².